The van der Waals surface area contributed by atoms with Crippen LogP contribution in [0.1, 0.15) is 17.9 Å². The fourth-order valence-corrected chi connectivity index (χ4v) is 4.15. The maximum atomic E-state index is 12.5. The van der Waals surface area contributed by atoms with Gasteiger partial charge < -0.3 is 10.0 Å². The molecular formula is C17H20ClNO3S. The van der Waals surface area contributed by atoms with E-state index in [-0.39, 0.29) is 27.9 Å². The zero-order valence-corrected chi connectivity index (χ0v) is 14.5. The summed E-state index contributed by atoms with van der Waals surface area (Å²) in [5.74, 6) is 0.537. The van der Waals surface area contributed by atoms with Crippen molar-refractivity contribution in [2.75, 3.05) is 20.1 Å². The van der Waals surface area contributed by atoms with Gasteiger partial charge in [0.25, 0.3) is 0 Å². The maximum absolute atomic E-state index is 12.5. The first-order chi connectivity index (χ1) is 10.5. The fraction of sp³-hybridized carbons (Fsp3) is 0.294. The van der Waals surface area contributed by atoms with Crippen LogP contribution in [0, 0.1) is 0 Å². The van der Waals surface area contributed by atoms with Gasteiger partial charge in [0.1, 0.15) is 5.75 Å². The van der Waals surface area contributed by atoms with Crippen LogP contribution >= 0.6 is 12.4 Å². The number of hydrogen-bond acceptors (Lipinski definition) is 4. The van der Waals surface area contributed by atoms with Gasteiger partial charge in [-0.3, -0.25) is 0 Å². The molecule has 0 saturated carbocycles. The maximum Gasteiger partial charge on any atom is 0.206 e. The highest BCUT2D eigenvalue weighted by molar-refractivity contribution is 7.91. The number of hydrogen-bond donors (Lipinski definition) is 1. The van der Waals surface area contributed by atoms with Crippen LogP contribution in [0.2, 0.25) is 0 Å². The summed E-state index contributed by atoms with van der Waals surface area (Å²) in [7, 11) is -1.43. The molecule has 2 aromatic carbocycles. The van der Waals surface area contributed by atoms with E-state index in [4.69, 9.17) is 0 Å². The van der Waals surface area contributed by atoms with Crippen molar-refractivity contribution in [3.8, 4) is 5.75 Å². The lowest BCUT2D eigenvalue weighted by atomic mass is 9.99. The molecule has 3 rings (SSSR count). The minimum atomic E-state index is -3.53. The van der Waals surface area contributed by atoms with Crippen LogP contribution in [0.15, 0.2) is 58.3 Å². The molecule has 0 bridgehead atoms. The Morgan fingerprint density at radius 3 is 2.00 bits per heavy atom. The lowest BCUT2D eigenvalue weighted by molar-refractivity contribution is 0.411. The van der Waals surface area contributed by atoms with Gasteiger partial charge >= 0.3 is 0 Å². The number of halogens is 1. The Bertz CT molecular complexity index is 757. The van der Waals surface area contributed by atoms with Crippen molar-refractivity contribution in [2.45, 2.75) is 22.1 Å². The zero-order chi connectivity index (χ0) is 15.7. The van der Waals surface area contributed by atoms with Gasteiger partial charge in [0.15, 0.2) is 0 Å². The normalized spacial score (nSPS) is 18.6. The van der Waals surface area contributed by atoms with Crippen LogP contribution in [0.3, 0.4) is 0 Å². The van der Waals surface area contributed by atoms with Crippen LogP contribution in [0.4, 0.5) is 0 Å². The first-order valence-electron chi connectivity index (χ1n) is 7.29. The van der Waals surface area contributed by atoms with Crippen molar-refractivity contribution in [3.05, 3.63) is 54.1 Å². The van der Waals surface area contributed by atoms with E-state index in [0.29, 0.717) is 5.92 Å². The summed E-state index contributed by atoms with van der Waals surface area (Å²) in [6.07, 6.45) is 1.11. The molecule has 124 valence electrons. The Morgan fingerprint density at radius 2 is 1.52 bits per heavy atom. The van der Waals surface area contributed by atoms with Gasteiger partial charge in [-0.25, -0.2) is 8.42 Å². The van der Waals surface area contributed by atoms with Crippen molar-refractivity contribution in [3.63, 3.8) is 0 Å². The van der Waals surface area contributed by atoms with E-state index < -0.39 is 9.84 Å². The standard InChI is InChI=1S/C17H19NO3S.ClH/c1-18-11-10-14(12-18)13-2-6-16(7-3-13)22(20,21)17-8-4-15(19)5-9-17;/h2-9,14,19H,10-12H2,1H3;1H/t14-;/m1./s1. The molecule has 0 aliphatic carbocycles. The Kier molecular flexibility index (Phi) is 5.34. The lowest BCUT2D eigenvalue weighted by Crippen LogP contribution is -2.13. The number of aromatic hydroxyl groups is 1. The molecule has 1 saturated heterocycles. The van der Waals surface area contributed by atoms with E-state index in [1.165, 1.54) is 29.8 Å². The number of sulfone groups is 1. The van der Waals surface area contributed by atoms with Gasteiger partial charge in [-0.15, -0.1) is 12.4 Å². The summed E-state index contributed by atoms with van der Waals surface area (Å²) < 4.78 is 25.1. The van der Waals surface area contributed by atoms with Crippen molar-refractivity contribution < 1.29 is 13.5 Å². The smallest absolute Gasteiger partial charge is 0.206 e. The van der Waals surface area contributed by atoms with E-state index in [2.05, 4.69) is 11.9 Å². The summed E-state index contributed by atoms with van der Waals surface area (Å²) in [5.41, 5.74) is 1.19. The molecule has 0 radical (unpaired) electrons. The first kappa shape index (κ1) is 17.8. The van der Waals surface area contributed by atoms with Crippen molar-refractivity contribution in [1.29, 1.82) is 0 Å². The zero-order valence-electron chi connectivity index (χ0n) is 12.8. The average Bonchev–Trinajstić information content (AvgIpc) is 2.94. The lowest BCUT2D eigenvalue weighted by Gasteiger charge is -2.12. The second-order valence-corrected chi connectivity index (χ2v) is 7.76. The van der Waals surface area contributed by atoms with Gasteiger partial charge in [0.2, 0.25) is 9.84 Å². The Hall–Kier alpha value is -1.56. The number of likely N-dealkylation sites (tertiary alicyclic amines) is 1. The number of rotatable bonds is 3. The number of benzene rings is 2. The molecule has 4 nitrogen and oxygen atoms in total. The summed E-state index contributed by atoms with van der Waals surface area (Å²) in [4.78, 5) is 2.76. The molecule has 0 unspecified atom stereocenters. The largest absolute Gasteiger partial charge is 0.508 e. The molecular weight excluding hydrogens is 334 g/mol. The Morgan fingerprint density at radius 1 is 1.00 bits per heavy atom. The minimum Gasteiger partial charge on any atom is -0.508 e. The SMILES string of the molecule is CN1CC[C@@H](c2ccc(S(=O)(=O)c3ccc(O)cc3)cc2)C1.Cl. The number of nitrogens with zero attached hydrogens (tertiary/aromatic N) is 1. The van der Waals surface area contributed by atoms with E-state index in [1.54, 1.807) is 12.1 Å². The summed E-state index contributed by atoms with van der Waals surface area (Å²) in [5, 5.41) is 9.27. The predicted molar refractivity (Wildman–Crippen MR) is 92.1 cm³/mol. The molecule has 1 N–H and O–H groups in total. The predicted octanol–water partition coefficient (Wildman–Crippen LogP) is 3.07. The second-order valence-electron chi connectivity index (χ2n) is 5.81. The molecule has 1 heterocycles. The Labute approximate surface area is 143 Å². The summed E-state index contributed by atoms with van der Waals surface area (Å²) in [6.45, 7) is 2.10. The van der Waals surface area contributed by atoms with Crippen molar-refractivity contribution in [2.24, 2.45) is 0 Å². The molecule has 1 aliphatic rings. The highest BCUT2D eigenvalue weighted by atomic mass is 35.5. The van der Waals surface area contributed by atoms with Crippen molar-refractivity contribution in [1.82, 2.24) is 4.90 Å². The van der Waals surface area contributed by atoms with E-state index in [0.717, 1.165) is 19.5 Å². The Balaban J connectivity index is 0.00000192. The van der Waals surface area contributed by atoms with Gasteiger partial charge in [-0.2, -0.15) is 0 Å². The van der Waals surface area contributed by atoms with Gasteiger partial charge in [-0.05, 0) is 67.9 Å². The topological polar surface area (TPSA) is 57.6 Å². The van der Waals surface area contributed by atoms with Gasteiger partial charge in [-0.1, -0.05) is 12.1 Å². The van der Waals surface area contributed by atoms with Crippen LogP contribution in [0.5, 0.6) is 5.75 Å². The molecule has 1 aliphatic heterocycles. The van der Waals surface area contributed by atoms with Crippen LogP contribution in [-0.4, -0.2) is 38.6 Å². The van der Waals surface area contributed by atoms with E-state index in [9.17, 15) is 13.5 Å². The number of phenols is 1. The molecule has 0 aromatic heterocycles. The van der Waals surface area contributed by atoms with E-state index in [1.807, 2.05) is 12.1 Å². The molecule has 1 atom stereocenters. The third-order valence-electron chi connectivity index (χ3n) is 4.20. The van der Waals surface area contributed by atoms with Gasteiger partial charge in [0, 0.05) is 6.54 Å². The molecule has 1 fully saturated rings. The minimum absolute atomic E-state index is 0. The third-order valence-corrected chi connectivity index (χ3v) is 5.99. The fourth-order valence-electron chi connectivity index (χ4n) is 2.89. The highest BCUT2D eigenvalue weighted by Gasteiger charge is 2.22. The monoisotopic (exact) mass is 353 g/mol. The van der Waals surface area contributed by atoms with Crippen LogP contribution in [-0.2, 0) is 9.84 Å². The summed E-state index contributed by atoms with van der Waals surface area (Å²) >= 11 is 0. The molecule has 0 amide bonds. The molecule has 2 aromatic rings. The van der Waals surface area contributed by atoms with Crippen molar-refractivity contribution >= 4 is 22.2 Å². The second kappa shape index (κ2) is 6.91. The average molecular weight is 354 g/mol. The van der Waals surface area contributed by atoms with E-state index >= 15 is 0 Å². The van der Waals surface area contributed by atoms with Crippen LogP contribution < -0.4 is 0 Å². The van der Waals surface area contributed by atoms with Crippen LogP contribution in [0.25, 0.3) is 0 Å². The first-order valence-corrected chi connectivity index (χ1v) is 8.78. The summed E-state index contributed by atoms with van der Waals surface area (Å²) in [6, 6.07) is 12.8. The van der Waals surface area contributed by atoms with Gasteiger partial charge in [0.05, 0.1) is 9.79 Å². The highest BCUT2D eigenvalue weighted by Crippen LogP contribution is 2.28. The number of likely N-dealkylation sites (N-methyl/N-ethyl adjacent to an activating group) is 1. The quantitative estimate of drug-likeness (QED) is 0.921. The number of phenolic OH excluding ortho intramolecular Hbond substituents is 1. The molecule has 6 heteroatoms. The molecule has 0 spiro atoms. The third kappa shape index (κ3) is 3.68. The molecule has 23 heavy (non-hydrogen) atoms.